The van der Waals surface area contributed by atoms with Gasteiger partial charge in [0.2, 0.25) is 6.79 Å². The van der Waals surface area contributed by atoms with Crippen LogP contribution in [0.15, 0.2) is 24.8 Å². The molecule has 0 bridgehead atoms. The summed E-state index contributed by atoms with van der Waals surface area (Å²) in [7, 11) is 0. The van der Waals surface area contributed by atoms with Crippen LogP contribution in [-0.2, 0) is 6.54 Å². The van der Waals surface area contributed by atoms with Crippen molar-refractivity contribution in [2.24, 2.45) is 0 Å². The van der Waals surface area contributed by atoms with Gasteiger partial charge in [-0.05, 0) is 25.3 Å². The third kappa shape index (κ3) is 3.01. The van der Waals surface area contributed by atoms with Gasteiger partial charge in [-0.3, -0.25) is 0 Å². The van der Waals surface area contributed by atoms with Crippen LogP contribution >= 0.6 is 0 Å². The fourth-order valence-electron chi connectivity index (χ4n) is 2.03. The molecule has 1 aromatic carbocycles. The highest BCUT2D eigenvalue weighted by atomic mass is 16.7. The lowest BCUT2D eigenvalue weighted by atomic mass is 10.1. The van der Waals surface area contributed by atoms with Crippen molar-refractivity contribution in [2.75, 3.05) is 13.4 Å². The van der Waals surface area contributed by atoms with E-state index in [9.17, 15) is 0 Å². The molecule has 0 spiro atoms. The van der Waals surface area contributed by atoms with Crippen molar-refractivity contribution in [1.82, 2.24) is 5.32 Å². The maximum absolute atomic E-state index is 5.81. The van der Waals surface area contributed by atoms with Gasteiger partial charge in [0, 0.05) is 24.2 Å². The molecule has 1 saturated carbocycles. The van der Waals surface area contributed by atoms with Gasteiger partial charge in [-0.2, -0.15) is 0 Å². The third-order valence-electron chi connectivity index (χ3n) is 3.29. The lowest BCUT2D eigenvalue weighted by Crippen LogP contribution is -2.16. The Hall–Kier alpha value is -1.68. The van der Waals surface area contributed by atoms with E-state index >= 15 is 0 Å². The van der Waals surface area contributed by atoms with Crippen LogP contribution in [-0.4, -0.2) is 19.4 Å². The van der Waals surface area contributed by atoms with E-state index in [1.807, 2.05) is 18.2 Å². The second-order valence-electron chi connectivity index (χ2n) is 4.89. The van der Waals surface area contributed by atoms with Crippen LogP contribution in [0.2, 0.25) is 0 Å². The van der Waals surface area contributed by atoms with Crippen LogP contribution in [0.25, 0.3) is 0 Å². The van der Waals surface area contributed by atoms with Gasteiger partial charge in [-0.15, -0.1) is 6.58 Å². The minimum Gasteiger partial charge on any atom is -0.493 e. The summed E-state index contributed by atoms with van der Waals surface area (Å²) in [5.41, 5.74) is 1.13. The third-order valence-corrected chi connectivity index (χ3v) is 3.29. The Morgan fingerprint density at radius 2 is 2.11 bits per heavy atom. The largest absolute Gasteiger partial charge is 0.493 e. The molecule has 2 aliphatic rings. The van der Waals surface area contributed by atoms with Gasteiger partial charge in [-0.25, -0.2) is 0 Å². The Morgan fingerprint density at radius 1 is 1.32 bits per heavy atom. The van der Waals surface area contributed by atoms with E-state index in [1.54, 1.807) is 0 Å². The molecule has 1 N–H and O–H groups in total. The summed E-state index contributed by atoms with van der Waals surface area (Å²) in [4.78, 5) is 0. The van der Waals surface area contributed by atoms with Crippen LogP contribution < -0.4 is 19.5 Å². The van der Waals surface area contributed by atoms with E-state index in [1.165, 1.54) is 12.8 Å². The van der Waals surface area contributed by atoms with Crippen LogP contribution in [0.3, 0.4) is 0 Å². The second kappa shape index (κ2) is 5.53. The predicted molar refractivity (Wildman–Crippen MR) is 72.7 cm³/mol. The van der Waals surface area contributed by atoms with Gasteiger partial charge in [0.15, 0.2) is 11.5 Å². The first-order valence-corrected chi connectivity index (χ1v) is 6.76. The SMILES string of the molecule is C=CCCOc1cc2c(cc1CNC1CC1)OCO2. The minimum atomic E-state index is 0.293. The number of ether oxygens (including phenoxy) is 3. The van der Waals surface area contributed by atoms with E-state index in [0.717, 1.165) is 35.8 Å². The lowest BCUT2D eigenvalue weighted by Gasteiger charge is -2.12. The van der Waals surface area contributed by atoms with Crippen molar-refractivity contribution in [3.63, 3.8) is 0 Å². The van der Waals surface area contributed by atoms with Gasteiger partial charge in [-0.1, -0.05) is 6.08 Å². The highest BCUT2D eigenvalue weighted by Gasteiger charge is 2.22. The minimum absolute atomic E-state index is 0.293. The smallest absolute Gasteiger partial charge is 0.231 e. The molecule has 3 rings (SSSR count). The van der Waals surface area contributed by atoms with Crippen molar-refractivity contribution in [2.45, 2.75) is 31.8 Å². The summed E-state index contributed by atoms with van der Waals surface area (Å²) in [6.07, 6.45) is 5.24. The van der Waals surface area contributed by atoms with Gasteiger partial charge in [0.05, 0.1) is 6.61 Å². The van der Waals surface area contributed by atoms with Gasteiger partial charge in [0.1, 0.15) is 5.75 Å². The molecule has 1 heterocycles. The molecule has 19 heavy (non-hydrogen) atoms. The van der Waals surface area contributed by atoms with Crippen LogP contribution in [0.5, 0.6) is 17.2 Å². The normalized spacial score (nSPS) is 16.4. The summed E-state index contributed by atoms with van der Waals surface area (Å²) < 4.78 is 16.6. The molecule has 0 radical (unpaired) electrons. The average Bonchev–Trinajstić information content (AvgIpc) is 3.14. The quantitative estimate of drug-likeness (QED) is 0.605. The fraction of sp³-hybridized carbons (Fsp3) is 0.467. The Bertz CT molecular complexity index is 469. The molecule has 0 amide bonds. The monoisotopic (exact) mass is 261 g/mol. The Balaban J connectivity index is 1.74. The summed E-state index contributed by atoms with van der Waals surface area (Å²) in [5, 5.41) is 3.50. The lowest BCUT2D eigenvalue weighted by molar-refractivity contribution is 0.173. The number of hydrogen-bond acceptors (Lipinski definition) is 4. The predicted octanol–water partition coefficient (Wildman–Crippen LogP) is 2.62. The highest BCUT2D eigenvalue weighted by molar-refractivity contribution is 5.51. The Kier molecular flexibility index (Phi) is 3.60. The maximum atomic E-state index is 5.81. The molecular weight excluding hydrogens is 242 g/mol. The van der Waals surface area contributed by atoms with Crippen molar-refractivity contribution in [3.05, 3.63) is 30.4 Å². The number of benzene rings is 1. The summed E-state index contributed by atoms with van der Waals surface area (Å²) in [5.74, 6) is 2.45. The summed E-state index contributed by atoms with van der Waals surface area (Å²) in [6, 6.07) is 4.61. The van der Waals surface area contributed by atoms with Crippen molar-refractivity contribution >= 4 is 0 Å². The molecule has 4 heteroatoms. The molecule has 4 nitrogen and oxygen atoms in total. The number of rotatable bonds is 7. The first kappa shape index (κ1) is 12.4. The van der Waals surface area contributed by atoms with E-state index < -0.39 is 0 Å². The molecule has 0 unspecified atom stereocenters. The van der Waals surface area contributed by atoms with Crippen molar-refractivity contribution in [3.8, 4) is 17.2 Å². The average molecular weight is 261 g/mol. The zero-order valence-corrected chi connectivity index (χ0v) is 11.0. The topological polar surface area (TPSA) is 39.7 Å². The highest BCUT2D eigenvalue weighted by Crippen LogP contribution is 2.38. The summed E-state index contributed by atoms with van der Waals surface area (Å²) in [6.45, 7) is 5.44. The van der Waals surface area contributed by atoms with Crippen LogP contribution in [0.4, 0.5) is 0 Å². The first-order chi connectivity index (χ1) is 9.36. The van der Waals surface area contributed by atoms with Crippen molar-refractivity contribution < 1.29 is 14.2 Å². The molecule has 1 fully saturated rings. The standard InChI is InChI=1S/C15H19NO3/c1-2-3-6-17-13-8-15-14(18-10-19-15)7-11(13)9-16-12-4-5-12/h2,7-8,12,16H,1,3-6,9-10H2. The molecule has 0 aromatic heterocycles. The number of fused-ring (bicyclic) bond motifs is 1. The van der Waals surface area contributed by atoms with Crippen molar-refractivity contribution in [1.29, 1.82) is 0 Å². The number of hydrogen-bond donors (Lipinski definition) is 1. The Morgan fingerprint density at radius 3 is 2.84 bits per heavy atom. The van der Waals surface area contributed by atoms with Crippen LogP contribution in [0, 0.1) is 0 Å². The summed E-state index contributed by atoms with van der Waals surface area (Å²) >= 11 is 0. The van der Waals surface area contributed by atoms with Crippen LogP contribution in [0.1, 0.15) is 24.8 Å². The van der Waals surface area contributed by atoms with E-state index in [-0.39, 0.29) is 0 Å². The van der Waals surface area contributed by atoms with E-state index in [2.05, 4.69) is 11.9 Å². The fourth-order valence-corrected chi connectivity index (χ4v) is 2.03. The molecule has 1 aromatic rings. The zero-order valence-electron chi connectivity index (χ0n) is 11.0. The zero-order chi connectivity index (χ0) is 13.1. The molecule has 1 aliphatic heterocycles. The number of nitrogens with one attached hydrogen (secondary N) is 1. The second-order valence-corrected chi connectivity index (χ2v) is 4.89. The van der Waals surface area contributed by atoms with E-state index in [0.29, 0.717) is 19.4 Å². The van der Waals surface area contributed by atoms with Gasteiger partial charge < -0.3 is 19.5 Å². The first-order valence-electron chi connectivity index (χ1n) is 6.76. The van der Waals surface area contributed by atoms with Gasteiger partial charge >= 0.3 is 0 Å². The molecule has 102 valence electrons. The van der Waals surface area contributed by atoms with E-state index in [4.69, 9.17) is 14.2 Å². The molecular formula is C15H19NO3. The Labute approximate surface area is 113 Å². The molecule has 0 atom stereocenters. The molecule has 0 saturated heterocycles. The molecule has 1 aliphatic carbocycles. The maximum Gasteiger partial charge on any atom is 0.231 e. The van der Waals surface area contributed by atoms with Gasteiger partial charge in [0.25, 0.3) is 0 Å².